The van der Waals surface area contributed by atoms with E-state index in [0.29, 0.717) is 49.5 Å². The van der Waals surface area contributed by atoms with Gasteiger partial charge in [0.05, 0.1) is 48.9 Å². The van der Waals surface area contributed by atoms with Crippen LogP contribution in [0, 0.1) is 5.82 Å². The van der Waals surface area contributed by atoms with E-state index >= 15 is 4.39 Å². The van der Waals surface area contributed by atoms with Crippen molar-refractivity contribution in [3.8, 4) is 63.1 Å². The average Bonchev–Trinajstić information content (AvgIpc) is 3.20. The molecule has 1 amide bonds. The van der Waals surface area contributed by atoms with Crippen molar-refractivity contribution in [1.29, 1.82) is 0 Å². The third kappa shape index (κ3) is 11.1. The molecular formula is C61H53Cl2FN4O13. The molecule has 6 aromatic rings. The van der Waals surface area contributed by atoms with Crippen LogP contribution in [0.2, 0.25) is 10.0 Å². The normalized spacial score (nSPS) is 12.7. The van der Waals surface area contributed by atoms with Crippen LogP contribution in [-0.2, 0) is 32.8 Å². The monoisotopic (exact) mass is 1140 g/mol. The van der Waals surface area contributed by atoms with Crippen molar-refractivity contribution < 1.29 is 61.8 Å². The Labute approximate surface area is 473 Å². The fraction of sp³-hybridized carbons (Fsp3) is 0.246. The van der Waals surface area contributed by atoms with Crippen LogP contribution in [0.3, 0.4) is 0 Å². The summed E-state index contributed by atoms with van der Waals surface area (Å²) < 4.78 is 57.4. The average molecular weight is 1140 g/mol. The third-order valence-electron chi connectivity index (χ3n) is 13.9. The predicted molar refractivity (Wildman–Crippen MR) is 297 cm³/mol. The molecule has 4 aliphatic rings. The Hall–Kier alpha value is -8.87. The Morgan fingerprint density at radius 1 is 0.741 bits per heavy atom. The van der Waals surface area contributed by atoms with Crippen molar-refractivity contribution in [2.45, 2.75) is 70.8 Å². The van der Waals surface area contributed by atoms with E-state index in [1.54, 1.807) is 42.6 Å². The van der Waals surface area contributed by atoms with Crippen LogP contribution >= 0.6 is 23.2 Å². The number of nitrogens with zero attached hydrogens (tertiary/aromatic N) is 2. The maximum absolute atomic E-state index is 15.4. The van der Waals surface area contributed by atoms with Gasteiger partial charge in [-0.25, -0.2) is 14.2 Å². The minimum atomic E-state index is -1.91. The molecule has 0 aromatic heterocycles. The highest BCUT2D eigenvalue weighted by Crippen LogP contribution is 2.63. The zero-order chi connectivity index (χ0) is 57.1. The first-order valence-corrected chi connectivity index (χ1v) is 26.7. The number of hydrogen-bond acceptors (Lipinski definition) is 14. The van der Waals surface area contributed by atoms with Crippen molar-refractivity contribution in [1.82, 2.24) is 19.9 Å². The smallest absolute Gasteiger partial charge is 0.340 e. The molecule has 17 nitrogen and oxygen atoms in total. The molecular weight excluding hydrogens is 1090 g/mol. The lowest BCUT2D eigenvalue weighted by molar-refractivity contribution is -0.132. The van der Waals surface area contributed by atoms with Crippen LogP contribution in [0.25, 0.3) is 17.1 Å². The molecule has 81 heavy (non-hydrogen) atoms. The summed E-state index contributed by atoms with van der Waals surface area (Å²) in [5.41, 5.74) is 2.64. The van der Waals surface area contributed by atoms with Crippen LogP contribution < -0.4 is 39.3 Å². The van der Waals surface area contributed by atoms with Gasteiger partial charge >= 0.3 is 17.9 Å². The number of unbranched alkanes of at least 4 members (excludes halogenated alkanes) is 5. The number of ether oxygens (including phenoxy) is 7. The molecule has 0 radical (unpaired) electrons. The Balaban J connectivity index is 0.745. The molecule has 20 heteroatoms. The van der Waals surface area contributed by atoms with Gasteiger partial charge in [-0.2, -0.15) is 0 Å². The number of aromatic hydroxyl groups is 1. The number of rotatable bonds is 20. The number of H-pyrrole nitrogens is 1. The fourth-order valence-electron chi connectivity index (χ4n) is 10.1. The number of aromatic amines is 1. The summed E-state index contributed by atoms with van der Waals surface area (Å²) in [4.78, 5) is 74.1. The molecule has 0 atom stereocenters. The van der Waals surface area contributed by atoms with Gasteiger partial charge in [-0.05, 0) is 96.3 Å². The first-order valence-electron chi connectivity index (χ1n) is 26.0. The molecule has 416 valence electrons. The molecule has 0 saturated carbocycles. The fourth-order valence-corrected chi connectivity index (χ4v) is 10.7. The number of nitrogens with one attached hydrogen (secondary N) is 2. The van der Waals surface area contributed by atoms with E-state index in [9.17, 15) is 29.1 Å². The maximum Gasteiger partial charge on any atom is 0.340 e. The Morgan fingerprint density at radius 2 is 1.38 bits per heavy atom. The van der Waals surface area contributed by atoms with Gasteiger partial charge in [-0.15, -0.1) is 0 Å². The quantitative estimate of drug-likeness (QED) is 0.0368. The molecule has 1 spiro atoms. The number of imidazole rings is 1. The molecule has 6 aromatic carbocycles. The van der Waals surface area contributed by atoms with Crippen molar-refractivity contribution >= 4 is 47.0 Å². The second-order valence-corrected chi connectivity index (χ2v) is 20.2. The molecule has 10 rings (SSSR count). The SMILES string of the molecule is COc1cc2c(c(Cl)c1OC(C)=O)Oc1c(cc(OC)c(OC(C)=O)c1Cl)C21OC(=O)c2ccc(C(=O)NCCCCCCCCOc3ccc(Cc4nc5c(Cc6ccccc6)[nH]c(-c6ccc(O)cc6)cn-5c4=O)cc3F)cc21. The highest BCUT2D eigenvalue weighted by molar-refractivity contribution is 6.35. The number of carbonyl (C=O) groups excluding carboxylic acids is 4. The van der Waals surface area contributed by atoms with Gasteiger partial charge in [-0.1, -0.05) is 85.3 Å². The van der Waals surface area contributed by atoms with Crippen molar-refractivity contribution in [3.63, 3.8) is 0 Å². The number of phenols is 1. The molecule has 0 unspecified atom stereocenters. The van der Waals surface area contributed by atoms with Crippen LogP contribution in [0.4, 0.5) is 4.39 Å². The number of amides is 1. The maximum atomic E-state index is 15.4. The Bertz CT molecular complexity index is 3710. The van der Waals surface area contributed by atoms with Crippen molar-refractivity contribution in [2.24, 2.45) is 0 Å². The number of hydrogen-bond donors (Lipinski definition) is 3. The number of carbonyl (C=O) groups is 4. The highest BCUT2D eigenvalue weighted by atomic mass is 35.5. The number of benzene rings is 6. The number of halogens is 3. The lowest BCUT2D eigenvalue weighted by Gasteiger charge is -2.38. The van der Waals surface area contributed by atoms with Crippen LogP contribution in [0.15, 0.2) is 114 Å². The van der Waals surface area contributed by atoms with Gasteiger partial charge in [0.1, 0.15) is 21.5 Å². The van der Waals surface area contributed by atoms with Crippen LogP contribution in [-0.4, -0.2) is 70.8 Å². The number of phenolic OH excluding ortho intramolecular Hbond substituents is 1. The van der Waals surface area contributed by atoms with Crippen molar-refractivity contribution in [2.75, 3.05) is 27.4 Å². The summed E-state index contributed by atoms with van der Waals surface area (Å²) in [7, 11) is 2.66. The van der Waals surface area contributed by atoms with E-state index < -0.39 is 35.2 Å². The lowest BCUT2D eigenvalue weighted by atomic mass is 9.77. The highest BCUT2D eigenvalue weighted by Gasteiger charge is 2.56. The number of aromatic nitrogens is 3. The first kappa shape index (κ1) is 55.4. The van der Waals surface area contributed by atoms with Crippen LogP contribution in [0.1, 0.15) is 112 Å². The molecule has 4 aliphatic heterocycles. The summed E-state index contributed by atoms with van der Waals surface area (Å²) in [5.74, 6) is -3.06. The second-order valence-electron chi connectivity index (χ2n) is 19.4. The van der Waals surface area contributed by atoms with E-state index in [-0.39, 0.29) is 102 Å². The topological polar surface area (TPSA) is 216 Å². The Morgan fingerprint density at radius 3 is 2.01 bits per heavy atom. The van der Waals surface area contributed by atoms with E-state index in [0.717, 1.165) is 42.5 Å². The van der Waals surface area contributed by atoms with Gasteiger partial charge in [0.2, 0.25) is 0 Å². The lowest BCUT2D eigenvalue weighted by Crippen LogP contribution is -2.34. The van der Waals surface area contributed by atoms with E-state index in [4.69, 9.17) is 61.3 Å². The molecule has 4 heterocycles. The molecule has 0 saturated heterocycles. The first-order chi connectivity index (χ1) is 39.1. The standard InChI is InChI=1S/C61H53Cl2FN4O13/c1-33(69)78-55-49(75-3)30-42-53(51(55)62)80-54-43(31-50(76-4)56(52(54)63)79-34(2)70)61(42)41-29-38(19-22-40(41)60(74)81-61)58(72)65-24-12-7-5-6-8-13-25-77-48-23-16-36(26-44(48)64)28-46-59(73)68-32-47(37-17-20-39(71)21-18-37)66-45(57(68)67-46)27-35-14-10-9-11-15-35/h9-11,14-23,26,29-32,66,71H,5-8,12-13,24-25,27-28H2,1-4H3,(H,65,72). The third-order valence-corrected chi connectivity index (χ3v) is 14.6. The number of esters is 3. The summed E-state index contributed by atoms with van der Waals surface area (Å²) in [6.07, 6.45) is 7.09. The molecule has 3 N–H and O–H groups in total. The predicted octanol–water partition coefficient (Wildman–Crippen LogP) is 11.6. The van der Waals surface area contributed by atoms with Gasteiger partial charge < -0.3 is 48.6 Å². The van der Waals surface area contributed by atoms with Crippen LogP contribution in [0.5, 0.6) is 46.0 Å². The van der Waals surface area contributed by atoms with Gasteiger partial charge in [0, 0.05) is 50.6 Å². The summed E-state index contributed by atoms with van der Waals surface area (Å²) in [6.45, 7) is 3.01. The molecule has 0 aliphatic carbocycles. The summed E-state index contributed by atoms with van der Waals surface area (Å²) >= 11 is 13.8. The van der Waals surface area contributed by atoms with Gasteiger partial charge in [0.25, 0.3) is 11.5 Å². The number of methoxy groups -OCH3 is 2. The second kappa shape index (κ2) is 23.5. The Kier molecular flexibility index (Phi) is 16.1. The summed E-state index contributed by atoms with van der Waals surface area (Å²) in [5, 5.41) is 12.4. The van der Waals surface area contributed by atoms with Gasteiger partial charge in [0.15, 0.2) is 57.5 Å². The summed E-state index contributed by atoms with van der Waals surface area (Å²) in [6, 6.07) is 28.6. The zero-order valence-electron chi connectivity index (χ0n) is 44.3. The van der Waals surface area contributed by atoms with E-state index in [1.165, 1.54) is 69.0 Å². The molecule has 0 fully saturated rings. The minimum absolute atomic E-state index is 0.00478. The van der Waals surface area contributed by atoms with Gasteiger partial charge in [-0.3, -0.25) is 23.7 Å². The van der Waals surface area contributed by atoms with E-state index in [2.05, 4.69) is 10.3 Å². The number of fused-ring (bicyclic) bond motifs is 7. The zero-order valence-corrected chi connectivity index (χ0v) is 45.8. The minimum Gasteiger partial charge on any atom is -0.508 e. The molecule has 0 bridgehead atoms. The van der Waals surface area contributed by atoms with E-state index in [1.807, 2.05) is 30.3 Å². The van der Waals surface area contributed by atoms with Crippen molar-refractivity contribution in [3.05, 3.63) is 186 Å². The largest absolute Gasteiger partial charge is 0.508 e.